The summed E-state index contributed by atoms with van der Waals surface area (Å²) in [5.74, 6) is 0.653. The molecule has 0 spiro atoms. The molecular weight excluding hydrogens is 432 g/mol. The van der Waals surface area contributed by atoms with Crippen molar-refractivity contribution >= 4 is 45.2 Å². The number of hydrogen-bond acceptors (Lipinski definition) is 7. The van der Waals surface area contributed by atoms with E-state index in [9.17, 15) is 4.21 Å². The molecule has 1 atom stereocenters. The van der Waals surface area contributed by atoms with Crippen molar-refractivity contribution < 1.29 is 13.8 Å². The third-order valence-corrected chi connectivity index (χ3v) is 4.75. The number of aromatic nitrogens is 2. The van der Waals surface area contributed by atoms with Gasteiger partial charge in [-0.15, -0.1) is 0 Å². The molecule has 1 heterocycles. The van der Waals surface area contributed by atoms with Gasteiger partial charge in [-0.3, -0.25) is 0 Å². The van der Waals surface area contributed by atoms with Crippen LogP contribution in [0.25, 0.3) is 0 Å². The topological polar surface area (TPSA) is 86.0 Å². The highest BCUT2D eigenvalue weighted by Gasteiger charge is 2.09. The lowest BCUT2D eigenvalue weighted by atomic mass is 10.3. The Kier molecular flexibility index (Phi) is 6.78. The fraction of sp³-hybridized carbons (Fsp3) is 0. The first-order chi connectivity index (χ1) is 13.2. The van der Waals surface area contributed by atoms with Crippen LogP contribution in [-0.2, 0) is 15.6 Å². The van der Waals surface area contributed by atoms with E-state index < -0.39 is 10.8 Å². The minimum atomic E-state index is -1.46. The minimum absolute atomic E-state index is 0.241. The van der Waals surface area contributed by atoms with Gasteiger partial charge in [0.05, 0.1) is 10.2 Å². The standard InChI is InChI=1S/C18H13BrN4O3S/c19-14-10-20-18(21-11-14)27(24)17-8-6-15(7-9-17)22-12-26-23-13-25-16-4-2-1-3-5-16/h1-13H/b22-12?,23-13+. The second kappa shape index (κ2) is 9.70. The maximum atomic E-state index is 12.4. The smallest absolute Gasteiger partial charge is 0.223 e. The van der Waals surface area contributed by atoms with Crippen molar-refractivity contribution in [2.24, 2.45) is 10.1 Å². The van der Waals surface area contributed by atoms with Crippen molar-refractivity contribution in [2.75, 3.05) is 0 Å². The van der Waals surface area contributed by atoms with Crippen molar-refractivity contribution in [1.82, 2.24) is 9.97 Å². The molecule has 0 aliphatic carbocycles. The van der Waals surface area contributed by atoms with E-state index in [1.165, 1.54) is 12.8 Å². The number of ether oxygens (including phenoxy) is 1. The normalized spacial score (nSPS) is 12.3. The maximum Gasteiger partial charge on any atom is 0.223 e. The summed E-state index contributed by atoms with van der Waals surface area (Å²) < 4.78 is 18.3. The average Bonchev–Trinajstić information content (AvgIpc) is 2.72. The lowest BCUT2D eigenvalue weighted by Gasteiger charge is -2.01. The molecule has 0 radical (unpaired) electrons. The van der Waals surface area contributed by atoms with Crippen molar-refractivity contribution in [1.29, 1.82) is 0 Å². The first-order valence-electron chi connectivity index (χ1n) is 7.64. The van der Waals surface area contributed by atoms with Crippen LogP contribution >= 0.6 is 15.9 Å². The molecule has 0 aliphatic heterocycles. The maximum absolute atomic E-state index is 12.4. The molecule has 0 N–H and O–H groups in total. The number of halogens is 1. The molecule has 136 valence electrons. The molecule has 3 rings (SSSR count). The fourth-order valence-corrected chi connectivity index (χ4v) is 2.97. The van der Waals surface area contributed by atoms with Crippen molar-refractivity contribution in [3.63, 3.8) is 0 Å². The highest BCUT2D eigenvalue weighted by molar-refractivity contribution is 9.10. The predicted molar refractivity (Wildman–Crippen MR) is 106 cm³/mol. The average molecular weight is 445 g/mol. The Morgan fingerprint density at radius 2 is 1.67 bits per heavy atom. The van der Waals surface area contributed by atoms with Crippen LogP contribution in [0.15, 0.2) is 91.7 Å². The molecule has 3 aromatic rings. The summed E-state index contributed by atoms with van der Waals surface area (Å²) in [7, 11) is -1.46. The van der Waals surface area contributed by atoms with Gasteiger partial charge >= 0.3 is 0 Å². The summed E-state index contributed by atoms with van der Waals surface area (Å²) >= 11 is 3.24. The summed E-state index contributed by atoms with van der Waals surface area (Å²) in [5, 5.41) is 3.85. The third kappa shape index (κ3) is 5.80. The van der Waals surface area contributed by atoms with E-state index in [1.807, 2.05) is 18.2 Å². The Hall–Kier alpha value is -2.91. The van der Waals surface area contributed by atoms with E-state index in [0.29, 0.717) is 16.3 Å². The minimum Gasteiger partial charge on any atom is -0.442 e. The molecule has 9 heteroatoms. The van der Waals surface area contributed by atoms with Gasteiger partial charge in [0.2, 0.25) is 18.0 Å². The van der Waals surface area contributed by atoms with Gasteiger partial charge in [0.1, 0.15) is 16.5 Å². The second-order valence-corrected chi connectivity index (χ2v) is 7.22. The van der Waals surface area contributed by atoms with Gasteiger partial charge in [0, 0.05) is 17.3 Å². The number of benzene rings is 2. The zero-order chi connectivity index (χ0) is 18.9. The molecule has 0 bridgehead atoms. The highest BCUT2D eigenvalue weighted by atomic mass is 79.9. The number of oxime groups is 1. The summed E-state index contributed by atoms with van der Waals surface area (Å²) in [4.78, 5) is 17.6. The van der Waals surface area contributed by atoms with Gasteiger partial charge in [-0.05, 0) is 57.5 Å². The summed E-state index contributed by atoms with van der Waals surface area (Å²) in [5.41, 5.74) is 0.617. The summed E-state index contributed by atoms with van der Waals surface area (Å²) in [6, 6.07) is 16.0. The van der Waals surface area contributed by atoms with Gasteiger partial charge in [-0.2, -0.15) is 0 Å². The fourth-order valence-electron chi connectivity index (χ4n) is 1.88. The van der Waals surface area contributed by atoms with E-state index in [0.717, 1.165) is 4.47 Å². The van der Waals surface area contributed by atoms with E-state index in [4.69, 9.17) is 9.57 Å². The Morgan fingerprint density at radius 1 is 0.963 bits per heavy atom. The Bertz CT molecular complexity index is 949. The third-order valence-electron chi connectivity index (χ3n) is 3.10. The van der Waals surface area contributed by atoms with E-state index in [1.54, 1.807) is 48.8 Å². The van der Waals surface area contributed by atoms with Crippen LogP contribution in [-0.4, -0.2) is 27.0 Å². The Balaban J connectivity index is 1.52. The van der Waals surface area contributed by atoms with Crippen LogP contribution in [0.2, 0.25) is 0 Å². The van der Waals surface area contributed by atoms with Crippen LogP contribution in [0.5, 0.6) is 5.75 Å². The highest BCUT2D eigenvalue weighted by Crippen LogP contribution is 2.18. The van der Waals surface area contributed by atoms with E-state index >= 15 is 0 Å². The van der Waals surface area contributed by atoms with Gasteiger partial charge in [-0.25, -0.2) is 19.2 Å². The lowest BCUT2D eigenvalue weighted by Crippen LogP contribution is -1.98. The van der Waals surface area contributed by atoms with Crippen LogP contribution < -0.4 is 4.74 Å². The number of rotatable bonds is 7. The number of aliphatic imine (C=N–C) groups is 1. The van der Waals surface area contributed by atoms with Gasteiger partial charge in [-0.1, -0.05) is 18.2 Å². The van der Waals surface area contributed by atoms with E-state index in [2.05, 4.69) is 36.0 Å². The molecule has 0 aliphatic rings. The Morgan fingerprint density at radius 3 is 2.37 bits per heavy atom. The van der Waals surface area contributed by atoms with E-state index in [-0.39, 0.29) is 5.16 Å². The quantitative estimate of drug-likeness (QED) is 0.237. The van der Waals surface area contributed by atoms with Crippen LogP contribution in [0.1, 0.15) is 0 Å². The molecule has 0 amide bonds. The van der Waals surface area contributed by atoms with Crippen molar-refractivity contribution in [3.05, 3.63) is 71.5 Å². The SMILES string of the molecule is O=S(c1ccc(N=CO/N=C/Oc2ccccc2)cc1)c1ncc(Br)cn1. The van der Waals surface area contributed by atoms with Crippen molar-refractivity contribution in [2.45, 2.75) is 10.1 Å². The summed E-state index contributed by atoms with van der Waals surface area (Å²) in [6.45, 7) is 0. The molecule has 0 fully saturated rings. The largest absolute Gasteiger partial charge is 0.442 e. The molecule has 0 saturated carbocycles. The second-order valence-electron chi connectivity index (χ2n) is 4.93. The van der Waals surface area contributed by atoms with Crippen LogP contribution in [0.3, 0.4) is 0 Å². The summed E-state index contributed by atoms with van der Waals surface area (Å²) in [6.07, 6.45) is 5.46. The Labute approximate surface area is 166 Å². The van der Waals surface area contributed by atoms with Gasteiger partial charge in [0.25, 0.3) is 0 Å². The monoisotopic (exact) mass is 444 g/mol. The van der Waals surface area contributed by atoms with Crippen molar-refractivity contribution in [3.8, 4) is 5.75 Å². The number of para-hydroxylation sites is 1. The molecule has 0 saturated heterocycles. The number of hydrogen-bond donors (Lipinski definition) is 0. The molecule has 1 aromatic heterocycles. The van der Waals surface area contributed by atoms with Gasteiger partial charge in [0.15, 0.2) is 0 Å². The molecule has 27 heavy (non-hydrogen) atoms. The first-order valence-corrected chi connectivity index (χ1v) is 9.58. The lowest BCUT2D eigenvalue weighted by molar-refractivity contribution is 0.335. The van der Waals surface area contributed by atoms with Crippen LogP contribution in [0.4, 0.5) is 5.69 Å². The zero-order valence-corrected chi connectivity index (χ0v) is 16.2. The van der Waals surface area contributed by atoms with Crippen LogP contribution in [0, 0.1) is 0 Å². The predicted octanol–water partition coefficient (Wildman–Crippen LogP) is 4.10. The molecule has 2 aromatic carbocycles. The molecule has 7 nitrogen and oxygen atoms in total. The first kappa shape index (κ1) is 18.9. The van der Waals surface area contributed by atoms with Gasteiger partial charge < -0.3 is 9.57 Å². The number of nitrogens with zero attached hydrogens (tertiary/aromatic N) is 4. The zero-order valence-electron chi connectivity index (χ0n) is 13.8. The molecular formula is C18H13BrN4O3S. The molecule has 1 unspecified atom stereocenters.